The number of ether oxygens (including phenoxy) is 1. The molecule has 2 aromatic rings. The normalized spacial score (nSPS) is 10.0. The quantitative estimate of drug-likeness (QED) is 0.931. The minimum atomic E-state index is -0.172. The third kappa shape index (κ3) is 4.10. The highest BCUT2D eigenvalue weighted by molar-refractivity contribution is 9.10. The van der Waals surface area contributed by atoms with Crippen LogP contribution < -0.4 is 10.1 Å². The maximum absolute atomic E-state index is 11.8. The van der Waals surface area contributed by atoms with Crippen LogP contribution >= 0.6 is 15.9 Å². The van der Waals surface area contributed by atoms with Crippen molar-refractivity contribution in [3.63, 3.8) is 0 Å². The number of carbonyl (C=O) groups is 1. The van der Waals surface area contributed by atoms with Gasteiger partial charge in [0.15, 0.2) is 6.61 Å². The summed E-state index contributed by atoms with van der Waals surface area (Å²) in [7, 11) is 0. The number of hydrogen-bond acceptors (Lipinski definition) is 2. The standard InChI is InChI=1S/C15H14BrNO2/c1-11-5-2-3-8-14(11)17-15(18)10-19-13-7-4-6-12(16)9-13/h2-9H,10H2,1H3,(H,17,18). The lowest BCUT2D eigenvalue weighted by atomic mass is 10.2. The lowest BCUT2D eigenvalue weighted by molar-refractivity contribution is -0.118. The monoisotopic (exact) mass is 319 g/mol. The third-order valence-electron chi connectivity index (χ3n) is 2.59. The first-order chi connectivity index (χ1) is 9.15. The smallest absolute Gasteiger partial charge is 0.262 e. The first-order valence-electron chi connectivity index (χ1n) is 5.89. The van der Waals surface area contributed by atoms with Gasteiger partial charge in [-0.1, -0.05) is 40.2 Å². The second kappa shape index (κ2) is 6.38. The van der Waals surface area contributed by atoms with Crippen LogP contribution in [0.3, 0.4) is 0 Å². The second-order valence-electron chi connectivity index (χ2n) is 4.11. The van der Waals surface area contributed by atoms with Gasteiger partial charge in [-0.05, 0) is 36.8 Å². The zero-order chi connectivity index (χ0) is 13.7. The lowest BCUT2D eigenvalue weighted by Gasteiger charge is -2.09. The van der Waals surface area contributed by atoms with E-state index in [4.69, 9.17) is 4.74 Å². The van der Waals surface area contributed by atoms with E-state index in [0.717, 1.165) is 15.7 Å². The summed E-state index contributed by atoms with van der Waals surface area (Å²) < 4.78 is 6.34. The van der Waals surface area contributed by atoms with E-state index in [2.05, 4.69) is 21.2 Å². The Hall–Kier alpha value is -1.81. The van der Waals surface area contributed by atoms with Crippen LogP contribution in [0.2, 0.25) is 0 Å². The molecule has 19 heavy (non-hydrogen) atoms. The Bertz CT molecular complexity index is 584. The fraction of sp³-hybridized carbons (Fsp3) is 0.133. The van der Waals surface area contributed by atoms with E-state index in [1.807, 2.05) is 55.5 Å². The molecule has 0 saturated heterocycles. The van der Waals surface area contributed by atoms with Crippen molar-refractivity contribution in [3.8, 4) is 5.75 Å². The molecular weight excluding hydrogens is 306 g/mol. The zero-order valence-electron chi connectivity index (χ0n) is 10.5. The summed E-state index contributed by atoms with van der Waals surface area (Å²) in [5.41, 5.74) is 1.84. The molecule has 2 aromatic carbocycles. The predicted octanol–water partition coefficient (Wildman–Crippen LogP) is 3.78. The van der Waals surface area contributed by atoms with Crippen LogP contribution in [0.1, 0.15) is 5.56 Å². The van der Waals surface area contributed by atoms with Crippen molar-refractivity contribution >= 4 is 27.5 Å². The van der Waals surface area contributed by atoms with Gasteiger partial charge >= 0.3 is 0 Å². The first kappa shape index (κ1) is 13.6. The Balaban J connectivity index is 1.90. The molecule has 1 amide bonds. The van der Waals surface area contributed by atoms with Crippen LogP contribution in [-0.4, -0.2) is 12.5 Å². The number of para-hydroxylation sites is 1. The number of halogens is 1. The van der Waals surface area contributed by atoms with E-state index in [1.54, 1.807) is 0 Å². The van der Waals surface area contributed by atoms with Crippen LogP contribution in [-0.2, 0) is 4.79 Å². The van der Waals surface area contributed by atoms with Gasteiger partial charge in [0, 0.05) is 10.2 Å². The fourth-order valence-electron chi connectivity index (χ4n) is 1.61. The summed E-state index contributed by atoms with van der Waals surface area (Å²) in [6.45, 7) is 1.94. The van der Waals surface area contributed by atoms with E-state index in [-0.39, 0.29) is 12.5 Å². The Morgan fingerprint density at radius 3 is 2.74 bits per heavy atom. The predicted molar refractivity (Wildman–Crippen MR) is 79.4 cm³/mol. The molecule has 0 aliphatic carbocycles. The van der Waals surface area contributed by atoms with Crippen LogP contribution in [0, 0.1) is 6.92 Å². The van der Waals surface area contributed by atoms with Gasteiger partial charge < -0.3 is 10.1 Å². The van der Waals surface area contributed by atoms with Gasteiger partial charge in [-0.25, -0.2) is 0 Å². The third-order valence-corrected chi connectivity index (χ3v) is 3.08. The average Bonchev–Trinajstić information content (AvgIpc) is 2.39. The van der Waals surface area contributed by atoms with Crippen molar-refractivity contribution in [2.24, 2.45) is 0 Å². The lowest BCUT2D eigenvalue weighted by Crippen LogP contribution is -2.20. The van der Waals surface area contributed by atoms with Crippen LogP contribution in [0.4, 0.5) is 5.69 Å². The molecule has 1 N–H and O–H groups in total. The van der Waals surface area contributed by atoms with E-state index in [1.165, 1.54) is 0 Å². The Kier molecular flexibility index (Phi) is 4.58. The molecule has 0 aromatic heterocycles. The van der Waals surface area contributed by atoms with Crippen LogP contribution in [0.5, 0.6) is 5.75 Å². The van der Waals surface area contributed by atoms with Gasteiger partial charge in [0.05, 0.1) is 0 Å². The van der Waals surface area contributed by atoms with Crippen molar-refractivity contribution in [1.82, 2.24) is 0 Å². The molecule has 98 valence electrons. The van der Waals surface area contributed by atoms with Gasteiger partial charge in [-0.2, -0.15) is 0 Å². The molecule has 0 saturated carbocycles. The molecule has 2 rings (SSSR count). The molecule has 0 atom stereocenters. The number of nitrogens with one attached hydrogen (secondary N) is 1. The molecule has 0 radical (unpaired) electrons. The summed E-state index contributed by atoms with van der Waals surface area (Å²) in [6.07, 6.45) is 0. The topological polar surface area (TPSA) is 38.3 Å². The number of anilines is 1. The number of aryl methyl sites for hydroxylation is 1. The highest BCUT2D eigenvalue weighted by Crippen LogP contribution is 2.18. The zero-order valence-corrected chi connectivity index (χ0v) is 12.1. The molecule has 0 fully saturated rings. The Morgan fingerprint density at radius 2 is 2.00 bits per heavy atom. The van der Waals surface area contributed by atoms with Gasteiger partial charge in [-0.15, -0.1) is 0 Å². The largest absolute Gasteiger partial charge is 0.484 e. The van der Waals surface area contributed by atoms with Crippen molar-refractivity contribution in [3.05, 3.63) is 58.6 Å². The van der Waals surface area contributed by atoms with E-state index in [0.29, 0.717) is 5.75 Å². The van der Waals surface area contributed by atoms with Gasteiger partial charge in [0.25, 0.3) is 5.91 Å². The maximum Gasteiger partial charge on any atom is 0.262 e. The number of benzene rings is 2. The molecular formula is C15H14BrNO2. The molecule has 0 unspecified atom stereocenters. The van der Waals surface area contributed by atoms with Gasteiger partial charge in [0.1, 0.15) is 5.75 Å². The number of amides is 1. The van der Waals surface area contributed by atoms with Crippen LogP contribution in [0.25, 0.3) is 0 Å². The van der Waals surface area contributed by atoms with Crippen molar-refractivity contribution in [2.45, 2.75) is 6.92 Å². The number of hydrogen-bond donors (Lipinski definition) is 1. The molecule has 0 aliphatic heterocycles. The summed E-state index contributed by atoms with van der Waals surface area (Å²) in [5, 5.41) is 2.82. The van der Waals surface area contributed by atoms with Crippen molar-refractivity contribution < 1.29 is 9.53 Å². The van der Waals surface area contributed by atoms with E-state index < -0.39 is 0 Å². The SMILES string of the molecule is Cc1ccccc1NC(=O)COc1cccc(Br)c1. The molecule has 0 aliphatic rings. The molecule has 4 heteroatoms. The fourth-order valence-corrected chi connectivity index (χ4v) is 1.98. The Morgan fingerprint density at radius 1 is 1.21 bits per heavy atom. The summed E-state index contributed by atoms with van der Waals surface area (Å²) >= 11 is 3.35. The molecule has 0 bridgehead atoms. The summed E-state index contributed by atoms with van der Waals surface area (Å²) in [5.74, 6) is 0.489. The van der Waals surface area contributed by atoms with E-state index >= 15 is 0 Å². The molecule has 0 heterocycles. The maximum atomic E-state index is 11.8. The number of rotatable bonds is 4. The molecule has 3 nitrogen and oxygen atoms in total. The summed E-state index contributed by atoms with van der Waals surface area (Å²) in [4.78, 5) is 11.8. The second-order valence-corrected chi connectivity index (χ2v) is 5.02. The number of carbonyl (C=O) groups excluding carboxylic acids is 1. The highest BCUT2D eigenvalue weighted by Gasteiger charge is 2.05. The molecule has 0 spiro atoms. The Labute approximate surface area is 120 Å². The highest BCUT2D eigenvalue weighted by atomic mass is 79.9. The van der Waals surface area contributed by atoms with Crippen molar-refractivity contribution in [2.75, 3.05) is 11.9 Å². The summed E-state index contributed by atoms with van der Waals surface area (Å²) in [6, 6.07) is 15.0. The minimum Gasteiger partial charge on any atom is -0.484 e. The van der Waals surface area contributed by atoms with Crippen molar-refractivity contribution in [1.29, 1.82) is 0 Å². The van der Waals surface area contributed by atoms with Crippen LogP contribution in [0.15, 0.2) is 53.0 Å². The van der Waals surface area contributed by atoms with E-state index in [9.17, 15) is 4.79 Å². The van der Waals surface area contributed by atoms with Gasteiger partial charge in [0.2, 0.25) is 0 Å². The first-order valence-corrected chi connectivity index (χ1v) is 6.68. The van der Waals surface area contributed by atoms with Gasteiger partial charge in [-0.3, -0.25) is 4.79 Å². The average molecular weight is 320 g/mol. The minimum absolute atomic E-state index is 0.00914.